The summed E-state index contributed by atoms with van der Waals surface area (Å²) in [5.41, 5.74) is 3.19. The number of piperidine rings is 1. The Morgan fingerprint density at radius 2 is 1.75 bits per heavy atom. The first-order valence-corrected chi connectivity index (χ1v) is 7.38. The molecule has 2 aliphatic rings. The Balaban J connectivity index is 1.98. The highest BCUT2D eigenvalue weighted by Crippen LogP contribution is 2.36. The lowest BCUT2D eigenvalue weighted by Gasteiger charge is -2.31. The van der Waals surface area contributed by atoms with Crippen LogP contribution in [0.25, 0.3) is 16.8 Å². The number of hydrogen-bond donors (Lipinski definition) is 0. The van der Waals surface area contributed by atoms with Crippen molar-refractivity contribution in [1.29, 1.82) is 0 Å². The Morgan fingerprint density at radius 1 is 0.900 bits per heavy atom. The lowest BCUT2D eigenvalue weighted by Crippen LogP contribution is -2.31. The fraction of sp³-hybridized carbons (Fsp3) is 0.278. The summed E-state index contributed by atoms with van der Waals surface area (Å²) in [5, 5.41) is 2.29. The molecule has 20 heavy (non-hydrogen) atoms. The van der Waals surface area contributed by atoms with Crippen LogP contribution in [0.3, 0.4) is 0 Å². The second kappa shape index (κ2) is 4.48. The predicted molar refractivity (Wildman–Crippen MR) is 83.4 cm³/mol. The number of carbonyl (C=O) groups excluding carboxylic acids is 1. The molecule has 1 aliphatic heterocycles. The maximum absolute atomic E-state index is 12.4. The van der Waals surface area contributed by atoms with Gasteiger partial charge in [0.25, 0.3) is 0 Å². The van der Waals surface area contributed by atoms with E-state index in [1.54, 1.807) is 6.08 Å². The van der Waals surface area contributed by atoms with Gasteiger partial charge in [0.15, 0.2) is 5.78 Å². The second-order valence-corrected chi connectivity index (χ2v) is 5.65. The quantitative estimate of drug-likeness (QED) is 0.774. The monoisotopic (exact) mass is 263 g/mol. The zero-order valence-electron chi connectivity index (χ0n) is 11.4. The zero-order chi connectivity index (χ0) is 13.5. The molecule has 0 bridgehead atoms. The number of ketones is 1. The van der Waals surface area contributed by atoms with Gasteiger partial charge in [-0.05, 0) is 42.4 Å². The van der Waals surface area contributed by atoms with Gasteiger partial charge in [-0.3, -0.25) is 4.79 Å². The van der Waals surface area contributed by atoms with Gasteiger partial charge in [0.05, 0.1) is 5.56 Å². The number of rotatable bonds is 1. The average Bonchev–Trinajstić information content (AvgIpc) is 2.52. The summed E-state index contributed by atoms with van der Waals surface area (Å²) in [6.07, 6.45) is 7.41. The van der Waals surface area contributed by atoms with E-state index in [0.29, 0.717) is 0 Å². The fourth-order valence-corrected chi connectivity index (χ4v) is 3.43. The third-order valence-electron chi connectivity index (χ3n) is 4.41. The first-order valence-electron chi connectivity index (χ1n) is 7.38. The summed E-state index contributed by atoms with van der Waals surface area (Å²) in [6, 6.07) is 10.5. The Kier molecular flexibility index (Phi) is 2.62. The van der Waals surface area contributed by atoms with Crippen LogP contribution in [0.5, 0.6) is 0 Å². The molecular formula is C18H17NO. The Labute approximate surface area is 118 Å². The number of carbonyl (C=O) groups is 1. The minimum absolute atomic E-state index is 0.148. The van der Waals surface area contributed by atoms with Crippen molar-refractivity contribution >= 4 is 28.3 Å². The number of nitrogens with zero attached hydrogens (tertiary/aromatic N) is 1. The fourth-order valence-electron chi connectivity index (χ4n) is 3.43. The van der Waals surface area contributed by atoms with Gasteiger partial charge in [-0.25, -0.2) is 0 Å². The second-order valence-electron chi connectivity index (χ2n) is 5.65. The molecule has 2 heteroatoms. The van der Waals surface area contributed by atoms with Crippen molar-refractivity contribution in [2.24, 2.45) is 0 Å². The van der Waals surface area contributed by atoms with Crippen molar-refractivity contribution < 1.29 is 4.79 Å². The molecule has 0 radical (unpaired) electrons. The molecule has 1 fully saturated rings. The van der Waals surface area contributed by atoms with Crippen LogP contribution in [0.4, 0.5) is 5.69 Å². The van der Waals surface area contributed by atoms with E-state index < -0.39 is 0 Å². The van der Waals surface area contributed by atoms with Crippen LogP contribution in [-0.4, -0.2) is 18.9 Å². The van der Waals surface area contributed by atoms with Gasteiger partial charge >= 0.3 is 0 Å². The molecule has 1 saturated heterocycles. The SMILES string of the molecule is O=C1C=Cc2cccc3ccc(N4CCCCC4)c1c23. The van der Waals surface area contributed by atoms with E-state index >= 15 is 0 Å². The van der Waals surface area contributed by atoms with E-state index in [2.05, 4.69) is 35.2 Å². The third-order valence-corrected chi connectivity index (χ3v) is 4.41. The minimum atomic E-state index is 0.148. The predicted octanol–water partition coefficient (Wildman–Crippen LogP) is 4.04. The standard InChI is InChI=1S/C18H17NO/c20-16-10-8-14-6-4-5-13-7-9-15(18(16)17(13)14)19-11-2-1-3-12-19/h4-10H,1-3,11-12H2. The van der Waals surface area contributed by atoms with Crippen LogP contribution in [0.15, 0.2) is 36.4 Å². The molecule has 0 amide bonds. The highest BCUT2D eigenvalue weighted by molar-refractivity contribution is 6.23. The molecule has 100 valence electrons. The van der Waals surface area contributed by atoms with Crippen LogP contribution in [0.2, 0.25) is 0 Å². The number of anilines is 1. The number of hydrogen-bond acceptors (Lipinski definition) is 2. The molecule has 2 nitrogen and oxygen atoms in total. The molecule has 2 aromatic carbocycles. The van der Waals surface area contributed by atoms with Gasteiger partial charge < -0.3 is 4.90 Å². The van der Waals surface area contributed by atoms with Crippen molar-refractivity contribution in [2.75, 3.05) is 18.0 Å². The van der Waals surface area contributed by atoms with Gasteiger partial charge in [-0.15, -0.1) is 0 Å². The third kappa shape index (κ3) is 1.68. The van der Waals surface area contributed by atoms with Crippen LogP contribution in [-0.2, 0) is 0 Å². The molecule has 0 aromatic heterocycles. The average molecular weight is 263 g/mol. The molecule has 0 unspecified atom stereocenters. The van der Waals surface area contributed by atoms with E-state index in [-0.39, 0.29) is 5.78 Å². The molecule has 4 rings (SSSR count). The van der Waals surface area contributed by atoms with Crippen molar-refractivity contribution in [3.8, 4) is 0 Å². The molecule has 0 atom stereocenters. The summed E-state index contributed by atoms with van der Waals surface area (Å²) in [7, 11) is 0. The molecule has 0 saturated carbocycles. The van der Waals surface area contributed by atoms with E-state index in [0.717, 1.165) is 40.7 Å². The maximum atomic E-state index is 12.4. The molecule has 0 spiro atoms. The summed E-state index contributed by atoms with van der Waals surface area (Å²) < 4.78 is 0. The van der Waals surface area contributed by atoms with Crippen LogP contribution in [0, 0.1) is 0 Å². The summed E-state index contributed by atoms with van der Waals surface area (Å²) in [4.78, 5) is 14.8. The Hall–Kier alpha value is -2.09. The van der Waals surface area contributed by atoms with Crippen LogP contribution in [0.1, 0.15) is 35.2 Å². The zero-order valence-corrected chi connectivity index (χ0v) is 11.4. The molecule has 2 aromatic rings. The molecule has 1 heterocycles. The van der Waals surface area contributed by atoms with Gasteiger partial charge in [0, 0.05) is 24.2 Å². The van der Waals surface area contributed by atoms with Crippen molar-refractivity contribution in [2.45, 2.75) is 19.3 Å². The Morgan fingerprint density at radius 3 is 2.60 bits per heavy atom. The first-order chi connectivity index (χ1) is 9.84. The highest BCUT2D eigenvalue weighted by Gasteiger charge is 2.22. The lowest BCUT2D eigenvalue weighted by atomic mass is 9.90. The van der Waals surface area contributed by atoms with E-state index in [4.69, 9.17) is 0 Å². The minimum Gasteiger partial charge on any atom is -0.371 e. The van der Waals surface area contributed by atoms with Gasteiger partial charge in [-0.2, -0.15) is 0 Å². The smallest absolute Gasteiger partial charge is 0.188 e. The summed E-state index contributed by atoms with van der Waals surface area (Å²) in [5.74, 6) is 0.148. The summed E-state index contributed by atoms with van der Waals surface area (Å²) >= 11 is 0. The van der Waals surface area contributed by atoms with Crippen LogP contribution >= 0.6 is 0 Å². The topological polar surface area (TPSA) is 20.3 Å². The van der Waals surface area contributed by atoms with Gasteiger partial charge in [0.2, 0.25) is 0 Å². The van der Waals surface area contributed by atoms with Crippen molar-refractivity contribution in [1.82, 2.24) is 0 Å². The van der Waals surface area contributed by atoms with Crippen molar-refractivity contribution in [3.05, 3.63) is 47.5 Å². The Bertz CT molecular complexity index is 724. The molecule has 1 aliphatic carbocycles. The van der Waals surface area contributed by atoms with E-state index in [1.165, 1.54) is 19.3 Å². The maximum Gasteiger partial charge on any atom is 0.188 e. The number of allylic oxidation sites excluding steroid dienone is 1. The normalized spacial score (nSPS) is 17.8. The molecule has 0 N–H and O–H groups in total. The molecular weight excluding hydrogens is 246 g/mol. The number of benzene rings is 2. The lowest BCUT2D eigenvalue weighted by molar-refractivity contribution is 0.104. The summed E-state index contributed by atoms with van der Waals surface area (Å²) in [6.45, 7) is 2.13. The van der Waals surface area contributed by atoms with Crippen molar-refractivity contribution in [3.63, 3.8) is 0 Å². The van der Waals surface area contributed by atoms with Gasteiger partial charge in [-0.1, -0.05) is 30.3 Å². The van der Waals surface area contributed by atoms with Crippen LogP contribution < -0.4 is 4.90 Å². The first kappa shape index (κ1) is 11.7. The van der Waals surface area contributed by atoms with E-state index in [1.807, 2.05) is 6.08 Å². The van der Waals surface area contributed by atoms with Gasteiger partial charge in [0.1, 0.15) is 0 Å². The highest BCUT2D eigenvalue weighted by atomic mass is 16.1. The van der Waals surface area contributed by atoms with E-state index in [9.17, 15) is 4.79 Å². The largest absolute Gasteiger partial charge is 0.371 e.